The van der Waals surface area contributed by atoms with E-state index in [-0.39, 0.29) is 11.7 Å². The van der Waals surface area contributed by atoms with Crippen LogP contribution in [0, 0.1) is 0 Å². The van der Waals surface area contributed by atoms with E-state index in [2.05, 4.69) is 21.2 Å². The molecule has 2 aromatic carbocycles. The molecule has 1 aliphatic heterocycles. The molecule has 0 aromatic heterocycles. The molecule has 9 heteroatoms. The molecule has 0 saturated heterocycles. The van der Waals surface area contributed by atoms with E-state index >= 15 is 0 Å². The normalized spacial score (nSPS) is 17.7. The van der Waals surface area contributed by atoms with Gasteiger partial charge in [0.15, 0.2) is 0 Å². The second-order valence-corrected chi connectivity index (χ2v) is 9.27. The monoisotopic (exact) mass is 523 g/mol. The van der Waals surface area contributed by atoms with Crippen molar-refractivity contribution in [3.63, 3.8) is 0 Å². The Morgan fingerprint density at radius 2 is 1.84 bits per heavy atom. The van der Waals surface area contributed by atoms with Crippen LogP contribution in [-0.4, -0.2) is 42.3 Å². The van der Waals surface area contributed by atoms with Gasteiger partial charge in [-0.25, -0.2) is 4.99 Å². The summed E-state index contributed by atoms with van der Waals surface area (Å²) in [7, 11) is 3.04. The highest BCUT2D eigenvalue weighted by Crippen LogP contribution is 2.36. The number of thioether (sulfide) groups is 1. The fourth-order valence-electron chi connectivity index (χ4n) is 2.92. The third kappa shape index (κ3) is 5.61. The van der Waals surface area contributed by atoms with E-state index in [1.165, 1.54) is 26.0 Å². The van der Waals surface area contributed by atoms with E-state index < -0.39 is 5.66 Å². The molecule has 0 unspecified atom stereocenters. The minimum atomic E-state index is -0.520. The van der Waals surface area contributed by atoms with E-state index in [0.29, 0.717) is 22.2 Å². The Morgan fingerprint density at radius 1 is 1.16 bits per heavy atom. The smallest absolute Gasteiger partial charge is 0.234 e. The van der Waals surface area contributed by atoms with Gasteiger partial charge in [0.05, 0.1) is 36.4 Å². The summed E-state index contributed by atoms with van der Waals surface area (Å²) in [5.74, 6) is 0.905. The van der Waals surface area contributed by atoms with Gasteiger partial charge in [0, 0.05) is 16.1 Å². The summed E-state index contributed by atoms with van der Waals surface area (Å²) >= 11 is 11.0. The zero-order chi connectivity index (χ0) is 22.6. The number of halogens is 2. The van der Waals surface area contributed by atoms with Crippen LogP contribution in [0.1, 0.15) is 25.8 Å². The summed E-state index contributed by atoms with van der Waals surface area (Å²) < 4.78 is 11.5. The molecular weight excluding hydrogens is 502 g/mol. The SMILES string of the molecule is CC[C@@]1(C)N=C(SCC(=O)Nc2cc(Cl)c(OC)cc2OC)C(c2ccc(Br)cc2)=N1. The van der Waals surface area contributed by atoms with Gasteiger partial charge in [0.25, 0.3) is 0 Å². The molecule has 164 valence electrons. The van der Waals surface area contributed by atoms with Crippen LogP contribution in [0.3, 0.4) is 0 Å². The number of hydrogen-bond donors (Lipinski definition) is 1. The largest absolute Gasteiger partial charge is 0.495 e. The summed E-state index contributed by atoms with van der Waals surface area (Å²) in [4.78, 5) is 22.3. The first kappa shape index (κ1) is 23.6. The fraction of sp³-hybridized carbons (Fsp3) is 0.318. The van der Waals surface area contributed by atoms with Gasteiger partial charge >= 0.3 is 0 Å². The third-order valence-corrected chi connectivity index (χ3v) is 6.56. The lowest BCUT2D eigenvalue weighted by molar-refractivity contribution is -0.113. The Labute approximate surface area is 199 Å². The van der Waals surface area contributed by atoms with Gasteiger partial charge in [-0.2, -0.15) is 0 Å². The summed E-state index contributed by atoms with van der Waals surface area (Å²) in [6.07, 6.45) is 0.769. The highest BCUT2D eigenvalue weighted by Gasteiger charge is 2.31. The number of rotatable bonds is 7. The highest BCUT2D eigenvalue weighted by atomic mass is 79.9. The average Bonchev–Trinajstić information content (AvgIpc) is 3.10. The molecule has 0 fully saturated rings. The van der Waals surface area contributed by atoms with Crippen molar-refractivity contribution >= 4 is 61.6 Å². The molecule has 0 spiro atoms. The van der Waals surface area contributed by atoms with Gasteiger partial charge in [-0.05, 0) is 31.5 Å². The molecule has 0 radical (unpaired) electrons. The van der Waals surface area contributed by atoms with Gasteiger partial charge in [0.1, 0.15) is 22.2 Å². The molecule has 0 saturated carbocycles. The van der Waals surface area contributed by atoms with Crippen molar-refractivity contribution < 1.29 is 14.3 Å². The highest BCUT2D eigenvalue weighted by molar-refractivity contribution is 9.10. The molecule has 1 aliphatic rings. The van der Waals surface area contributed by atoms with E-state index in [0.717, 1.165) is 27.2 Å². The number of ether oxygens (including phenoxy) is 2. The lowest BCUT2D eigenvalue weighted by atomic mass is 10.1. The first-order chi connectivity index (χ1) is 14.8. The van der Waals surface area contributed by atoms with Crippen molar-refractivity contribution in [1.82, 2.24) is 0 Å². The molecule has 1 atom stereocenters. The van der Waals surface area contributed by atoms with Crippen LogP contribution < -0.4 is 14.8 Å². The maximum atomic E-state index is 12.7. The number of amides is 1. The Morgan fingerprint density at radius 3 is 2.45 bits per heavy atom. The number of anilines is 1. The zero-order valence-corrected chi connectivity index (χ0v) is 20.8. The number of aliphatic imine (C=N–C) groups is 2. The molecule has 1 amide bonds. The molecule has 2 aromatic rings. The fourth-order valence-corrected chi connectivity index (χ4v) is 4.32. The van der Waals surface area contributed by atoms with Gasteiger partial charge in [0.2, 0.25) is 5.91 Å². The first-order valence-corrected chi connectivity index (χ1v) is 11.7. The number of hydrogen-bond acceptors (Lipinski definition) is 6. The number of methoxy groups -OCH3 is 2. The van der Waals surface area contributed by atoms with Crippen LogP contribution in [0.4, 0.5) is 5.69 Å². The van der Waals surface area contributed by atoms with Crippen LogP contribution in [0.15, 0.2) is 50.9 Å². The predicted octanol–water partition coefficient (Wildman–Crippen LogP) is 5.82. The van der Waals surface area contributed by atoms with E-state index in [9.17, 15) is 4.79 Å². The molecule has 0 aliphatic carbocycles. The molecule has 1 heterocycles. The van der Waals surface area contributed by atoms with Crippen LogP contribution >= 0.6 is 39.3 Å². The molecule has 0 bridgehead atoms. The van der Waals surface area contributed by atoms with Gasteiger partial charge in [-0.15, -0.1) is 0 Å². The predicted molar refractivity (Wildman–Crippen MR) is 132 cm³/mol. The number of carbonyl (C=O) groups is 1. The van der Waals surface area contributed by atoms with Crippen LogP contribution in [-0.2, 0) is 4.79 Å². The van der Waals surface area contributed by atoms with Crippen molar-refractivity contribution in [2.75, 3.05) is 25.3 Å². The van der Waals surface area contributed by atoms with Crippen molar-refractivity contribution in [2.24, 2.45) is 9.98 Å². The van der Waals surface area contributed by atoms with E-state index in [1.807, 2.05) is 38.1 Å². The topological polar surface area (TPSA) is 72.3 Å². The minimum absolute atomic E-state index is 0.168. The number of benzene rings is 2. The lowest BCUT2D eigenvalue weighted by Gasteiger charge is -2.13. The van der Waals surface area contributed by atoms with Crippen LogP contribution in [0.2, 0.25) is 5.02 Å². The Balaban J connectivity index is 1.74. The molecule has 3 rings (SSSR count). The number of nitrogens with zero attached hydrogens (tertiary/aromatic N) is 2. The third-order valence-electron chi connectivity index (χ3n) is 4.77. The zero-order valence-electron chi connectivity index (χ0n) is 17.7. The summed E-state index contributed by atoms with van der Waals surface area (Å²) in [6, 6.07) is 11.2. The second kappa shape index (κ2) is 10.1. The quantitative estimate of drug-likeness (QED) is 0.495. The van der Waals surface area contributed by atoms with Crippen molar-refractivity contribution in [3.8, 4) is 11.5 Å². The van der Waals surface area contributed by atoms with Crippen LogP contribution in [0.5, 0.6) is 11.5 Å². The standard InChI is InChI=1S/C22H23BrClN3O3S/c1-5-22(2)26-20(13-6-8-14(23)9-7-13)21(27-22)31-12-19(28)25-16-10-15(24)17(29-3)11-18(16)30-4/h6-11H,5,12H2,1-4H3,(H,25,28)/t22-/m1/s1. The minimum Gasteiger partial charge on any atom is -0.495 e. The molecule has 6 nitrogen and oxygen atoms in total. The Bertz CT molecular complexity index is 1040. The van der Waals surface area contributed by atoms with E-state index in [1.54, 1.807) is 12.1 Å². The summed E-state index contributed by atoms with van der Waals surface area (Å²) in [5.41, 5.74) is 1.73. The van der Waals surface area contributed by atoms with Gasteiger partial charge < -0.3 is 14.8 Å². The van der Waals surface area contributed by atoms with Gasteiger partial charge in [-0.1, -0.05) is 58.3 Å². The van der Waals surface area contributed by atoms with E-state index in [4.69, 9.17) is 31.1 Å². The van der Waals surface area contributed by atoms with Crippen LogP contribution in [0.25, 0.3) is 0 Å². The Kier molecular flexibility index (Phi) is 7.67. The average molecular weight is 525 g/mol. The summed E-state index contributed by atoms with van der Waals surface area (Å²) in [5, 5.41) is 3.98. The van der Waals surface area contributed by atoms with Crippen molar-refractivity contribution in [3.05, 3.63) is 51.5 Å². The lowest BCUT2D eigenvalue weighted by Crippen LogP contribution is -2.18. The molecular formula is C22H23BrClN3O3S. The van der Waals surface area contributed by atoms with Gasteiger partial charge in [-0.3, -0.25) is 9.79 Å². The number of nitrogens with one attached hydrogen (secondary N) is 1. The second-order valence-electron chi connectivity index (χ2n) is 6.98. The van der Waals surface area contributed by atoms with Crippen molar-refractivity contribution in [2.45, 2.75) is 25.9 Å². The number of carbonyl (C=O) groups excluding carboxylic acids is 1. The first-order valence-electron chi connectivity index (χ1n) is 9.58. The molecule has 31 heavy (non-hydrogen) atoms. The molecule has 1 N–H and O–H groups in total. The maximum Gasteiger partial charge on any atom is 0.234 e. The summed E-state index contributed by atoms with van der Waals surface area (Å²) in [6.45, 7) is 4.04. The Hall–Kier alpha value is -2.03. The van der Waals surface area contributed by atoms with Crippen molar-refractivity contribution in [1.29, 1.82) is 0 Å². The maximum absolute atomic E-state index is 12.7.